The van der Waals surface area contributed by atoms with Gasteiger partial charge >= 0.3 is 5.69 Å². The number of hydrogen-bond donors (Lipinski definition) is 0. The van der Waals surface area contributed by atoms with Gasteiger partial charge < -0.3 is 9.47 Å². The summed E-state index contributed by atoms with van der Waals surface area (Å²) in [6.07, 6.45) is 2.68. The lowest BCUT2D eigenvalue weighted by molar-refractivity contribution is -0.111. The molecule has 0 N–H and O–H groups in total. The Morgan fingerprint density at radius 1 is 1.54 bits per heavy atom. The van der Waals surface area contributed by atoms with Gasteiger partial charge in [-0.2, -0.15) is 0 Å². The standard InChI is InChI=1S/C8H12N2O3/c1-12-7(13-2)6-10-5-3-4-9-8(10)11/h3-5,7H,6H2,1-2H3. The molecule has 0 atom stereocenters. The molecule has 5 heteroatoms. The lowest BCUT2D eigenvalue weighted by atomic mass is 10.5. The molecule has 72 valence electrons. The second-order valence-corrected chi connectivity index (χ2v) is 2.46. The fourth-order valence-electron chi connectivity index (χ4n) is 0.932. The van der Waals surface area contributed by atoms with Crippen molar-refractivity contribution in [2.75, 3.05) is 14.2 Å². The maximum atomic E-state index is 11.1. The van der Waals surface area contributed by atoms with Crippen LogP contribution in [0.3, 0.4) is 0 Å². The summed E-state index contributed by atoms with van der Waals surface area (Å²) >= 11 is 0. The van der Waals surface area contributed by atoms with Gasteiger partial charge in [0.05, 0.1) is 6.54 Å². The molecule has 1 aromatic rings. The molecule has 0 aliphatic carbocycles. The molecule has 0 aromatic carbocycles. The van der Waals surface area contributed by atoms with Crippen molar-refractivity contribution < 1.29 is 9.47 Å². The third kappa shape index (κ3) is 2.64. The van der Waals surface area contributed by atoms with E-state index in [-0.39, 0.29) is 5.69 Å². The molecule has 0 aliphatic rings. The minimum absolute atomic E-state index is 0.304. The van der Waals surface area contributed by atoms with Gasteiger partial charge in [-0.15, -0.1) is 0 Å². The normalized spacial score (nSPS) is 10.7. The first-order valence-electron chi connectivity index (χ1n) is 3.85. The topological polar surface area (TPSA) is 53.4 Å². The molecule has 1 aromatic heterocycles. The van der Waals surface area contributed by atoms with Crippen molar-refractivity contribution in [3.05, 3.63) is 28.9 Å². The van der Waals surface area contributed by atoms with Gasteiger partial charge in [0.1, 0.15) is 0 Å². The van der Waals surface area contributed by atoms with Crippen LogP contribution in [0.5, 0.6) is 0 Å². The van der Waals surface area contributed by atoms with Gasteiger partial charge in [0.15, 0.2) is 6.29 Å². The largest absolute Gasteiger partial charge is 0.354 e. The van der Waals surface area contributed by atoms with Gasteiger partial charge in [0.25, 0.3) is 0 Å². The highest BCUT2D eigenvalue weighted by molar-refractivity contribution is 4.80. The van der Waals surface area contributed by atoms with E-state index in [9.17, 15) is 4.79 Å². The molecule has 1 rings (SSSR count). The molecule has 13 heavy (non-hydrogen) atoms. The third-order valence-corrected chi connectivity index (χ3v) is 1.65. The summed E-state index contributed by atoms with van der Waals surface area (Å²) in [4.78, 5) is 14.7. The van der Waals surface area contributed by atoms with Gasteiger partial charge in [-0.05, 0) is 6.07 Å². The highest BCUT2D eigenvalue weighted by Crippen LogP contribution is 1.93. The summed E-state index contributed by atoms with van der Waals surface area (Å²) in [7, 11) is 3.05. The van der Waals surface area contributed by atoms with Crippen LogP contribution in [0.2, 0.25) is 0 Å². The maximum absolute atomic E-state index is 11.1. The molecule has 0 bridgehead atoms. The smallest absolute Gasteiger partial charge is 0.347 e. The summed E-state index contributed by atoms with van der Waals surface area (Å²) < 4.78 is 11.3. The van der Waals surface area contributed by atoms with Crippen LogP contribution in [-0.4, -0.2) is 30.1 Å². The Balaban J connectivity index is 2.73. The highest BCUT2D eigenvalue weighted by Gasteiger charge is 2.06. The second-order valence-electron chi connectivity index (χ2n) is 2.46. The van der Waals surface area contributed by atoms with E-state index in [0.29, 0.717) is 6.54 Å². The molecule has 1 heterocycles. The van der Waals surface area contributed by atoms with Gasteiger partial charge in [0, 0.05) is 26.6 Å². The molecule has 0 spiro atoms. The average molecular weight is 184 g/mol. The Kier molecular flexibility index (Phi) is 3.60. The van der Waals surface area contributed by atoms with Crippen molar-refractivity contribution in [1.82, 2.24) is 9.55 Å². The van der Waals surface area contributed by atoms with Crippen molar-refractivity contribution in [2.24, 2.45) is 0 Å². The first-order valence-corrected chi connectivity index (χ1v) is 3.85. The average Bonchev–Trinajstić information content (AvgIpc) is 2.17. The molecule has 0 saturated heterocycles. The monoisotopic (exact) mass is 184 g/mol. The lowest BCUT2D eigenvalue weighted by Crippen LogP contribution is -2.29. The first-order chi connectivity index (χ1) is 6.27. The number of ether oxygens (including phenoxy) is 2. The quantitative estimate of drug-likeness (QED) is 0.611. The molecule has 0 amide bonds. The fourth-order valence-corrected chi connectivity index (χ4v) is 0.932. The molecule has 0 radical (unpaired) electrons. The van der Waals surface area contributed by atoms with Crippen molar-refractivity contribution in [3.8, 4) is 0 Å². The van der Waals surface area contributed by atoms with Crippen LogP contribution in [0.4, 0.5) is 0 Å². The van der Waals surface area contributed by atoms with E-state index in [1.807, 2.05) is 0 Å². The van der Waals surface area contributed by atoms with E-state index in [1.165, 1.54) is 25.0 Å². The van der Waals surface area contributed by atoms with Gasteiger partial charge in [-0.3, -0.25) is 4.57 Å². The summed E-state index contributed by atoms with van der Waals surface area (Å²) in [6, 6.07) is 1.68. The zero-order valence-electron chi connectivity index (χ0n) is 7.64. The Labute approximate surface area is 75.9 Å². The van der Waals surface area contributed by atoms with Gasteiger partial charge in [0.2, 0.25) is 0 Å². The third-order valence-electron chi connectivity index (χ3n) is 1.65. The summed E-state index contributed by atoms with van der Waals surface area (Å²) in [5, 5.41) is 0. The molecule has 0 saturated carbocycles. The fraction of sp³-hybridized carbons (Fsp3) is 0.500. The van der Waals surface area contributed by atoms with E-state index >= 15 is 0 Å². The highest BCUT2D eigenvalue weighted by atomic mass is 16.7. The van der Waals surface area contributed by atoms with Crippen LogP contribution in [0.25, 0.3) is 0 Å². The first kappa shape index (κ1) is 9.88. The van der Waals surface area contributed by atoms with Crippen molar-refractivity contribution in [3.63, 3.8) is 0 Å². The second kappa shape index (κ2) is 4.74. The van der Waals surface area contributed by atoms with Gasteiger partial charge in [-0.25, -0.2) is 9.78 Å². The van der Waals surface area contributed by atoms with E-state index in [1.54, 1.807) is 12.3 Å². The number of methoxy groups -OCH3 is 2. The Bertz CT molecular complexity index is 306. The number of nitrogens with zero attached hydrogens (tertiary/aromatic N) is 2. The van der Waals surface area contributed by atoms with E-state index < -0.39 is 6.29 Å². The van der Waals surface area contributed by atoms with Crippen LogP contribution in [0.1, 0.15) is 0 Å². The minimum atomic E-state index is -0.415. The maximum Gasteiger partial charge on any atom is 0.347 e. The molecule has 0 aliphatic heterocycles. The van der Waals surface area contributed by atoms with E-state index in [4.69, 9.17) is 9.47 Å². The van der Waals surface area contributed by atoms with Crippen LogP contribution >= 0.6 is 0 Å². The van der Waals surface area contributed by atoms with Crippen molar-refractivity contribution in [1.29, 1.82) is 0 Å². The van der Waals surface area contributed by atoms with Crippen LogP contribution in [0, 0.1) is 0 Å². The van der Waals surface area contributed by atoms with E-state index in [0.717, 1.165) is 0 Å². The molecule has 5 nitrogen and oxygen atoms in total. The zero-order chi connectivity index (χ0) is 9.68. The molecule has 0 unspecified atom stereocenters. The minimum Gasteiger partial charge on any atom is -0.354 e. The summed E-state index contributed by atoms with van der Waals surface area (Å²) in [5.74, 6) is 0. The van der Waals surface area contributed by atoms with Crippen LogP contribution < -0.4 is 5.69 Å². The summed E-state index contributed by atoms with van der Waals surface area (Å²) in [6.45, 7) is 0.347. The summed E-state index contributed by atoms with van der Waals surface area (Å²) in [5.41, 5.74) is -0.304. The predicted molar refractivity (Wildman–Crippen MR) is 46.3 cm³/mol. The van der Waals surface area contributed by atoms with Crippen LogP contribution in [0.15, 0.2) is 23.3 Å². The van der Waals surface area contributed by atoms with E-state index in [2.05, 4.69) is 4.98 Å². The molecule has 0 fully saturated rings. The Morgan fingerprint density at radius 2 is 2.23 bits per heavy atom. The number of aromatic nitrogens is 2. The lowest BCUT2D eigenvalue weighted by Gasteiger charge is -2.13. The van der Waals surface area contributed by atoms with Crippen molar-refractivity contribution >= 4 is 0 Å². The van der Waals surface area contributed by atoms with Crippen LogP contribution in [-0.2, 0) is 16.0 Å². The molecular weight excluding hydrogens is 172 g/mol. The van der Waals surface area contributed by atoms with Crippen molar-refractivity contribution in [2.45, 2.75) is 12.8 Å². The number of hydrogen-bond acceptors (Lipinski definition) is 4. The molecular formula is C8H12N2O3. The Hall–Kier alpha value is -1.20. The Morgan fingerprint density at radius 3 is 2.77 bits per heavy atom. The predicted octanol–water partition coefficient (Wildman–Crippen LogP) is -0.138. The number of rotatable bonds is 4. The SMILES string of the molecule is COC(Cn1cccnc1=O)OC. The zero-order valence-corrected chi connectivity index (χ0v) is 7.64. The van der Waals surface area contributed by atoms with Gasteiger partial charge in [-0.1, -0.05) is 0 Å².